The van der Waals surface area contributed by atoms with Crippen LogP contribution in [0.2, 0.25) is 0 Å². The van der Waals surface area contributed by atoms with Gasteiger partial charge in [-0.2, -0.15) is 0 Å². The highest BCUT2D eigenvalue weighted by atomic mass is 32.1. The van der Waals surface area contributed by atoms with Gasteiger partial charge in [0.05, 0.1) is 0 Å². The number of rotatable bonds is 6. The zero-order chi connectivity index (χ0) is 23.8. The molecular weight excluding hydrogens is 464 g/mol. The van der Waals surface area contributed by atoms with E-state index in [2.05, 4.69) is 20.6 Å². The van der Waals surface area contributed by atoms with Crippen molar-refractivity contribution in [2.75, 3.05) is 10.6 Å². The van der Waals surface area contributed by atoms with Gasteiger partial charge >= 0.3 is 0 Å². The van der Waals surface area contributed by atoms with Gasteiger partial charge in [-0.1, -0.05) is 36.4 Å². The minimum absolute atomic E-state index is 0.369. The third kappa shape index (κ3) is 9.72. The van der Waals surface area contributed by atoms with Crippen LogP contribution in [0.1, 0.15) is 11.1 Å². The molecule has 4 aromatic rings. The molecule has 172 valence electrons. The summed E-state index contributed by atoms with van der Waals surface area (Å²) < 4.78 is 10.8. The molecule has 0 saturated heterocycles. The van der Waals surface area contributed by atoms with E-state index < -0.39 is 0 Å². The summed E-state index contributed by atoms with van der Waals surface area (Å²) in [5.74, 6) is 0. The van der Waals surface area contributed by atoms with Crippen molar-refractivity contribution in [2.24, 2.45) is 0 Å². The minimum atomic E-state index is 0.369. The second kappa shape index (κ2) is 14.3. The van der Waals surface area contributed by atoms with E-state index >= 15 is 0 Å². The molecule has 0 amide bonds. The molecule has 6 nitrogen and oxygen atoms in total. The molecule has 0 atom stereocenters. The third-order valence-corrected chi connectivity index (χ3v) is 4.72. The Morgan fingerprint density at radius 3 is 1.26 bits per heavy atom. The average Bonchev–Trinajstić information content (AvgIpc) is 2.89. The molecule has 0 saturated carbocycles. The normalized spacial score (nSPS) is 9.65. The lowest BCUT2D eigenvalue weighted by atomic mass is 10.3. The molecule has 0 radical (unpaired) electrons. The Bertz CT molecular complexity index is 1040. The van der Waals surface area contributed by atoms with E-state index in [1.165, 1.54) is 0 Å². The molecule has 34 heavy (non-hydrogen) atoms. The van der Waals surface area contributed by atoms with Gasteiger partial charge in [0, 0.05) is 36.2 Å². The summed E-state index contributed by atoms with van der Waals surface area (Å²) >= 11 is 10.2. The smallest absolute Gasteiger partial charge is 0.261 e. The fourth-order valence-corrected chi connectivity index (χ4v) is 2.96. The fraction of sp³-hybridized carbons (Fsp3) is 0.0769. The monoisotopic (exact) mass is 488 g/mol. The summed E-state index contributed by atoms with van der Waals surface area (Å²) in [6.07, 6.45) is 6.91. The number of hydrogen-bond donors (Lipinski definition) is 2. The Kier molecular flexibility index (Phi) is 10.4. The first kappa shape index (κ1) is 24.8. The Labute approximate surface area is 210 Å². The van der Waals surface area contributed by atoms with E-state index in [1.54, 1.807) is 24.8 Å². The topological polar surface area (TPSA) is 68.3 Å². The first-order valence-corrected chi connectivity index (χ1v) is 11.3. The standard InChI is InChI=1S/2C13H12N2OS/c2*17-13(15-12-4-2-1-3-5-12)16-10-11-6-8-14-9-7-11/h2*1-9H,10H2,(H,15,17). The minimum Gasteiger partial charge on any atom is -0.466 e. The number of nitrogens with one attached hydrogen (secondary N) is 2. The molecule has 2 aromatic carbocycles. The summed E-state index contributed by atoms with van der Waals surface area (Å²) in [4.78, 5) is 7.87. The largest absolute Gasteiger partial charge is 0.466 e. The molecule has 0 aliphatic carbocycles. The maximum Gasteiger partial charge on any atom is 0.261 e. The van der Waals surface area contributed by atoms with Crippen LogP contribution in [0.5, 0.6) is 0 Å². The summed E-state index contributed by atoms with van der Waals surface area (Å²) in [5.41, 5.74) is 3.92. The maximum atomic E-state index is 5.42. The number of pyridine rings is 2. The molecule has 4 rings (SSSR count). The summed E-state index contributed by atoms with van der Waals surface area (Å²) in [6.45, 7) is 0.891. The lowest BCUT2D eigenvalue weighted by Gasteiger charge is -2.09. The zero-order valence-electron chi connectivity index (χ0n) is 18.3. The van der Waals surface area contributed by atoms with Gasteiger partial charge in [0.1, 0.15) is 13.2 Å². The van der Waals surface area contributed by atoms with Crippen molar-refractivity contribution in [1.29, 1.82) is 0 Å². The number of nitrogens with zero attached hydrogens (tertiary/aromatic N) is 2. The van der Waals surface area contributed by atoms with Crippen LogP contribution in [-0.2, 0) is 22.7 Å². The summed E-state index contributed by atoms with van der Waals surface area (Å²) in [6, 6.07) is 27.0. The SMILES string of the molecule is S=C(Nc1ccccc1)OCc1ccncc1.S=C(Nc1ccccc1)OCc1ccncc1. The van der Waals surface area contributed by atoms with Gasteiger partial charge in [0.25, 0.3) is 10.3 Å². The predicted octanol–water partition coefficient (Wildman–Crippen LogP) is 5.99. The first-order chi connectivity index (χ1) is 16.7. The van der Waals surface area contributed by atoms with Crippen molar-refractivity contribution in [3.8, 4) is 0 Å². The Hall–Kier alpha value is -3.88. The van der Waals surface area contributed by atoms with Crippen molar-refractivity contribution in [1.82, 2.24) is 9.97 Å². The highest BCUT2D eigenvalue weighted by Gasteiger charge is 2.00. The molecule has 2 heterocycles. The number of anilines is 2. The second-order valence-electron chi connectivity index (χ2n) is 6.85. The molecule has 0 unspecified atom stereocenters. The van der Waals surface area contributed by atoms with Crippen LogP contribution >= 0.6 is 24.4 Å². The van der Waals surface area contributed by atoms with Crippen molar-refractivity contribution < 1.29 is 9.47 Å². The molecule has 0 aliphatic heterocycles. The lowest BCUT2D eigenvalue weighted by Crippen LogP contribution is -2.12. The Balaban J connectivity index is 0.000000191. The molecular formula is C26H24N4O2S2. The van der Waals surface area contributed by atoms with Crippen molar-refractivity contribution in [3.05, 3.63) is 121 Å². The van der Waals surface area contributed by atoms with Gasteiger partial charge < -0.3 is 20.1 Å². The fourth-order valence-electron chi connectivity index (χ4n) is 2.61. The van der Waals surface area contributed by atoms with Crippen LogP contribution in [-0.4, -0.2) is 20.3 Å². The predicted molar refractivity (Wildman–Crippen MR) is 143 cm³/mol. The van der Waals surface area contributed by atoms with E-state index in [9.17, 15) is 0 Å². The van der Waals surface area contributed by atoms with Gasteiger partial charge in [-0.3, -0.25) is 9.97 Å². The van der Waals surface area contributed by atoms with Crippen molar-refractivity contribution in [3.63, 3.8) is 0 Å². The Morgan fingerprint density at radius 2 is 0.912 bits per heavy atom. The molecule has 8 heteroatoms. The molecule has 0 spiro atoms. The van der Waals surface area contributed by atoms with Crippen molar-refractivity contribution >= 4 is 46.2 Å². The van der Waals surface area contributed by atoms with Gasteiger partial charge in [-0.25, -0.2) is 0 Å². The molecule has 2 N–H and O–H groups in total. The first-order valence-electron chi connectivity index (χ1n) is 10.4. The number of hydrogen-bond acceptors (Lipinski definition) is 6. The highest BCUT2D eigenvalue weighted by molar-refractivity contribution is 7.80. The van der Waals surface area contributed by atoms with E-state index in [0.29, 0.717) is 23.6 Å². The number of benzene rings is 2. The van der Waals surface area contributed by atoms with Crippen LogP contribution < -0.4 is 10.6 Å². The van der Waals surface area contributed by atoms with E-state index in [4.69, 9.17) is 33.9 Å². The number of para-hydroxylation sites is 2. The van der Waals surface area contributed by atoms with Crippen molar-refractivity contribution in [2.45, 2.75) is 13.2 Å². The molecule has 2 aromatic heterocycles. The van der Waals surface area contributed by atoms with E-state index in [0.717, 1.165) is 22.5 Å². The van der Waals surface area contributed by atoms with Crippen LogP contribution in [0.25, 0.3) is 0 Å². The van der Waals surface area contributed by atoms with Gasteiger partial charge in [-0.15, -0.1) is 0 Å². The lowest BCUT2D eigenvalue weighted by molar-refractivity contribution is 0.300. The van der Waals surface area contributed by atoms with Crippen LogP contribution in [0.4, 0.5) is 11.4 Å². The third-order valence-electron chi connectivity index (χ3n) is 4.28. The van der Waals surface area contributed by atoms with Gasteiger partial charge in [0.2, 0.25) is 0 Å². The van der Waals surface area contributed by atoms with Crippen LogP contribution in [0, 0.1) is 0 Å². The zero-order valence-corrected chi connectivity index (χ0v) is 20.0. The average molecular weight is 489 g/mol. The number of aromatic nitrogens is 2. The maximum absolute atomic E-state index is 5.42. The van der Waals surface area contributed by atoms with Gasteiger partial charge in [0.15, 0.2) is 0 Å². The number of ether oxygens (including phenoxy) is 2. The van der Waals surface area contributed by atoms with Crippen LogP contribution in [0.15, 0.2) is 110 Å². The number of thiocarbonyl (C=S) groups is 2. The highest BCUT2D eigenvalue weighted by Crippen LogP contribution is 2.08. The van der Waals surface area contributed by atoms with E-state index in [1.807, 2.05) is 84.9 Å². The van der Waals surface area contributed by atoms with Crippen LogP contribution in [0.3, 0.4) is 0 Å². The summed E-state index contributed by atoms with van der Waals surface area (Å²) in [7, 11) is 0. The van der Waals surface area contributed by atoms with Gasteiger partial charge in [-0.05, 0) is 84.1 Å². The van der Waals surface area contributed by atoms with E-state index in [-0.39, 0.29) is 0 Å². The molecule has 0 aliphatic rings. The molecule has 0 fully saturated rings. The Morgan fingerprint density at radius 1 is 0.559 bits per heavy atom. The second-order valence-corrected chi connectivity index (χ2v) is 7.59. The summed E-state index contributed by atoms with van der Waals surface area (Å²) in [5, 5.41) is 6.75. The molecule has 0 bridgehead atoms. The quantitative estimate of drug-likeness (QED) is 0.321.